The quantitative estimate of drug-likeness (QED) is 0.827. The number of hydrogen-bond acceptors (Lipinski definition) is 2. The van der Waals surface area contributed by atoms with Gasteiger partial charge in [-0.3, -0.25) is 4.79 Å². The number of amides is 1. The van der Waals surface area contributed by atoms with Crippen molar-refractivity contribution in [2.75, 3.05) is 0 Å². The van der Waals surface area contributed by atoms with Crippen LogP contribution in [-0.4, -0.2) is 21.5 Å². The average molecular weight is 256 g/mol. The Labute approximate surface area is 102 Å². The molecule has 0 aliphatic carbocycles. The molecule has 0 fully saturated rings. The zero-order valence-electron chi connectivity index (χ0n) is 9.08. The van der Waals surface area contributed by atoms with E-state index in [1.807, 2.05) is 18.2 Å². The molecule has 1 aromatic heterocycles. The van der Waals surface area contributed by atoms with Crippen LogP contribution in [0.25, 0.3) is 11.0 Å². The van der Waals surface area contributed by atoms with E-state index in [0.717, 1.165) is 16.6 Å². The molecule has 2 aromatic rings. The predicted molar refractivity (Wildman–Crippen MR) is 63.4 cm³/mol. The molecule has 4 nitrogen and oxygen atoms in total. The lowest BCUT2D eigenvalue weighted by Crippen LogP contribution is -2.31. The van der Waals surface area contributed by atoms with Gasteiger partial charge in [0.05, 0.1) is 23.4 Å². The van der Waals surface area contributed by atoms with Crippen molar-refractivity contribution in [3.05, 3.63) is 30.1 Å². The van der Waals surface area contributed by atoms with Crippen molar-refractivity contribution in [1.29, 1.82) is 0 Å². The van der Waals surface area contributed by atoms with E-state index in [9.17, 15) is 9.18 Å². The van der Waals surface area contributed by atoms with Gasteiger partial charge < -0.3 is 10.3 Å². The van der Waals surface area contributed by atoms with Crippen LogP contribution in [0.3, 0.4) is 0 Å². The van der Waals surface area contributed by atoms with E-state index in [2.05, 4.69) is 15.3 Å². The Kier molecular flexibility index (Phi) is 3.28. The van der Waals surface area contributed by atoms with Crippen LogP contribution >= 0.6 is 11.6 Å². The van der Waals surface area contributed by atoms with Crippen LogP contribution in [0, 0.1) is 0 Å². The molecule has 0 aliphatic rings. The van der Waals surface area contributed by atoms with Crippen molar-refractivity contribution in [2.45, 2.75) is 18.6 Å². The minimum Gasteiger partial charge on any atom is -0.346 e. The number of imidazole rings is 1. The molecule has 2 atom stereocenters. The first-order chi connectivity index (χ1) is 8.08. The highest BCUT2D eigenvalue weighted by Crippen LogP contribution is 2.18. The number of nitrogens with one attached hydrogen (secondary N) is 2. The van der Waals surface area contributed by atoms with Gasteiger partial charge in [0.1, 0.15) is 0 Å². The Morgan fingerprint density at radius 1 is 1.59 bits per heavy atom. The van der Waals surface area contributed by atoms with Gasteiger partial charge in [-0.25, -0.2) is 9.37 Å². The molecule has 2 rings (SSSR count). The zero-order chi connectivity index (χ0) is 12.4. The first-order valence-corrected chi connectivity index (χ1v) is 5.53. The summed E-state index contributed by atoms with van der Waals surface area (Å²) in [6, 6.07) is 5.20. The van der Waals surface area contributed by atoms with Gasteiger partial charge in [-0.15, -0.1) is 0 Å². The normalized spacial score (nSPS) is 14.5. The summed E-state index contributed by atoms with van der Waals surface area (Å²) in [7, 11) is 0. The van der Waals surface area contributed by atoms with E-state index in [4.69, 9.17) is 11.6 Å². The molecule has 1 aromatic carbocycles. The van der Waals surface area contributed by atoms with Crippen LogP contribution in [0.4, 0.5) is 4.39 Å². The highest BCUT2D eigenvalue weighted by atomic mass is 35.5. The summed E-state index contributed by atoms with van der Waals surface area (Å²) < 4.78 is 12.5. The third kappa shape index (κ3) is 2.55. The number of alkyl halides is 2. The van der Waals surface area contributed by atoms with Crippen molar-refractivity contribution in [2.24, 2.45) is 0 Å². The van der Waals surface area contributed by atoms with Gasteiger partial charge in [-0.1, -0.05) is 17.7 Å². The summed E-state index contributed by atoms with van der Waals surface area (Å²) in [5, 5.41) is 2.47. The standard InChI is InChI=1S/C11H11ClFN3O/c1-6(16-11(17)10(12)13)7-2-3-8-9(4-7)15-5-14-8/h2-6,10H,1H3,(H,14,15)(H,16,17). The fraction of sp³-hybridized carbons (Fsp3) is 0.273. The van der Waals surface area contributed by atoms with E-state index in [1.165, 1.54) is 0 Å². The number of halogens is 2. The third-order valence-electron chi connectivity index (χ3n) is 2.50. The Morgan fingerprint density at radius 3 is 3.06 bits per heavy atom. The topological polar surface area (TPSA) is 57.8 Å². The molecule has 0 spiro atoms. The van der Waals surface area contributed by atoms with Gasteiger partial charge in [-0.05, 0) is 24.6 Å². The van der Waals surface area contributed by atoms with Crippen LogP contribution in [0.15, 0.2) is 24.5 Å². The first-order valence-electron chi connectivity index (χ1n) is 5.09. The number of fused-ring (bicyclic) bond motifs is 1. The number of aromatic amines is 1. The van der Waals surface area contributed by atoms with E-state index in [1.54, 1.807) is 13.3 Å². The number of H-pyrrole nitrogens is 1. The predicted octanol–water partition coefficient (Wildman–Crippen LogP) is 2.27. The fourth-order valence-electron chi connectivity index (χ4n) is 1.58. The van der Waals surface area contributed by atoms with Crippen LogP contribution in [0.5, 0.6) is 0 Å². The second-order valence-corrected chi connectivity index (χ2v) is 4.09. The highest BCUT2D eigenvalue weighted by molar-refractivity contribution is 6.29. The van der Waals surface area contributed by atoms with Crippen molar-refractivity contribution in [1.82, 2.24) is 15.3 Å². The molecule has 2 unspecified atom stereocenters. The molecule has 0 aliphatic heterocycles. The van der Waals surface area contributed by atoms with Crippen molar-refractivity contribution in [3.8, 4) is 0 Å². The summed E-state index contributed by atoms with van der Waals surface area (Å²) in [5.74, 6) is -0.830. The van der Waals surface area contributed by atoms with Gasteiger partial charge in [0.15, 0.2) is 0 Å². The Bertz CT molecular complexity index is 540. The maximum Gasteiger partial charge on any atom is 0.270 e. The number of carbonyl (C=O) groups excluding carboxylic acids is 1. The second-order valence-electron chi connectivity index (χ2n) is 3.71. The third-order valence-corrected chi connectivity index (χ3v) is 2.70. The van der Waals surface area contributed by atoms with Crippen LogP contribution < -0.4 is 5.32 Å². The van der Waals surface area contributed by atoms with Crippen molar-refractivity contribution >= 4 is 28.5 Å². The molecule has 0 saturated heterocycles. The maximum atomic E-state index is 12.5. The number of carbonyl (C=O) groups is 1. The van der Waals surface area contributed by atoms with Gasteiger partial charge >= 0.3 is 0 Å². The number of rotatable bonds is 3. The summed E-state index contributed by atoms with van der Waals surface area (Å²) in [6.07, 6.45) is 1.59. The van der Waals surface area contributed by atoms with Crippen LogP contribution in [0.2, 0.25) is 0 Å². The second kappa shape index (κ2) is 4.71. The van der Waals surface area contributed by atoms with Crippen molar-refractivity contribution in [3.63, 3.8) is 0 Å². The lowest BCUT2D eigenvalue weighted by molar-refractivity contribution is -0.124. The molecule has 1 amide bonds. The molecular formula is C11H11ClFN3O. The van der Waals surface area contributed by atoms with E-state index >= 15 is 0 Å². The largest absolute Gasteiger partial charge is 0.346 e. The molecule has 90 valence electrons. The van der Waals surface area contributed by atoms with Crippen LogP contribution in [-0.2, 0) is 4.79 Å². The summed E-state index contributed by atoms with van der Waals surface area (Å²) in [4.78, 5) is 18.2. The molecule has 17 heavy (non-hydrogen) atoms. The molecule has 2 N–H and O–H groups in total. The summed E-state index contributed by atoms with van der Waals surface area (Å²) in [6.45, 7) is 1.76. The first kappa shape index (κ1) is 11.9. The monoisotopic (exact) mass is 255 g/mol. The molecule has 6 heteroatoms. The molecule has 1 heterocycles. The molecule has 0 radical (unpaired) electrons. The van der Waals surface area contributed by atoms with Crippen LogP contribution in [0.1, 0.15) is 18.5 Å². The number of benzene rings is 1. The fourth-order valence-corrected chi connectivity index (χ4v) is 1.65. The lowest BCUT2D eigenvalue weighted by atomic mass is 10.1. The minimum absolute atomic E-state index is 0.313. The Balaban J connectivity index is 2.18. The Hall–Kier alpha value is -1.62. The zero-order valence-corrected chi connectivity index (χ0v) is 9.83. The molecule has 0 saturated carbocycles. The van der Waals surface area contributed by atoms with Gasteiger partial charge in [0, 0.05) is 0 Å². The van der Waals surface area contributed by atoms with Gasteiger partial charge in [0.2, 0.25) is 0 Å². The van der Waals surface area contributed by atoms with E-state index in [0.29, 0.717) is 0 Å². The van der Waals surface area contributed by atoms with Gasteiger partial charge in [0.25, 0.3) is 11.5 Å². The smallest absolute Gasteiger partial charge is 0.270 e. The minimum atomic E-state index is -2.02. The Morgan fingerprint density at radius 2 is 2.35 bits per heavy atom. The maximum absolute atomic E-state index is 12.5. The van der Waals surface area contributed by atoms with Crippen molar-refractivity contribution < 1.29 is 9.18 Å². The SMILES string of the molecule is CC(NC(=O)C(F)Cl)c1ccc2nc[nH]c2c1. The molecule has 0 bridgehead atoms. The average Bonchev–Trinajstić information content (AvgIpc) is 2.75. The number of hydrogen-bond donors (Lipinski definition) is 2. The summed E-state index contributed by atoms with van der Waals surface area (Å²) in [5.41, 5.74) is 0.542. The van der Waals surface area contributed by atoms with E-state index < -0.39 is 11.5 Å². The van der Waals surface area contributed by atoms with Gasteiger partial charge in [-0.2, -0.15) is 0 Å². The summed E-state index contributed by atoms with van der Waals surface area (Å²) >= 11 is 5.04. The number of nitrogens with zero attached hydrogens (tertiary/aromatic N) is 1. The number of aromatic nitrogens is 2. The lowest BCUT2D eigenvalue weighted by Gasteiger charge is -2.14. The van der Waals surface area contributed by atoms with E-state index in [-0.39, 0.29) is 6.04 Å². The highest BCUT2D eigenvalue weighted by Gasteiger charge is 2.16. The molecular weight excluding hydrogens is 245 g/mol.